The lowest BCUT2D eigenvalue weighted by atomic mass is 10.1. The lowest BCUT2D eigenvalue weighted by molar-refractivity contribution is 0.0952. The van der Waals surface area contributed by atoms with Gasteiger partial charge in [0.2, 0.25) is 0 Å². The summed E-state index contributed by atoms with van der Waals surface area (Å²) in [6.45, 7) is 4.16. The van der Waals surface area contributed by atoms with Crippen LogP contribution in [0.3, 0.4) is 0 Å². The first kappa shape index (κ1) is 18.7. The molecule has 1 saturated heterocycles. The maximum atomic E-state index is 12.4. The molecule has 1 N–H and O–H groups in total. The zero-order valence-corrected chi connectivity index (χ0v) is 16.2. The highest BCUT2D eigenvalue weighted by atomic mass is 16.3. The number of fused-ring (bicyclic) bond motifs is 1. The summed E-state index contributed by atoms with van der Waals surface area (Å²) in [6, 6.07) is 15.8. The molecule has 3 aromatic rings. The number of aromatic nitrogens is 1. The van der Waals surface area contributed by atoms with Crippen molar-refractivity contribution in [1.29, 1.82) is 0 Å². The number of nitrogens with zero attached hydrogens (tertiary/aromatic N) is 2. The van der Waals surface area contributed by atoms with Crippen molar-refractivity contribution in [3.8, 4) is 0 Å². The molecule has 0 unspecified atom stereocenters. The van der Waals surface area contributed by atoms with E-state index in [9.17, 15) is 4.79 Å². The van der Waals surface area contributed by atoms with Gasteiger partial charge in [-0.25, -0.2) is 4.98 Å². The third-order valence-electron chi connectivity index (χ3n) is 5.30. The molecule has 0 spiro atoms. The number of carbonyl (C=O) groups is 1. The van der Waals surface area contributed by atoms with Crippen LogP contribution in [0.1, 0.15) is 41.1 Å². The van der Waals surface area contributed by atoms with Gasteiger partial charge in [-0.1, -0.05) is 30.3 Å². The van der Waals surface area contributed by atoms with E-state index in [0.717, 1.165) is 31.3 Å². The average Bonchev–Trinajstić information content (AvgIpc) is 3.39. The zero-order valence-electron chi connectivity index (χ0n) is 16.2. The molecular weight excluding hydrogens is 350 g/mol. The van der Waals surface area contributed by atoms with Crippen LogP contribution in [0.15, 0.2) is 52.9 Å². The summed E-state index contributed by atoms with van der Waals surface area (Å²) in [7, 11) is 0. The van der Waals surface area contributed by atoms with Crippen molar-refractivity contribution in [2.24, 2.45) is 0 Å². The molecule has 1 fully saturated rings. The number of rotatable bonds is 8. The Labute approximate surface area is 165 Å². The van der Waals surface area contributed by atoms with Crippen LogP contribution in [-0.2, 0) is 12.8 Å². The number of aryl methyl sites for hydroxylation is 2. The highest BCUT2D eigenvalue weighted by Gasteiger charge is 2.12. The fourth-order valence-electron chi connectivity index (χ4n) is 3.73. The minimum absolute atomic E-state index is 0.0504. The van der Waals surface area contributed by atoms with E-state index in [0.29, 0.717) is 23.6 Å². The van der Waals surface area contributed by atoms with Gasteiger partial charge in [0.25, 0.3) is 5.91 Å². The Morgan fingerprint density at radius 1 is 1.07 bits per heavy atom. The highest BCUT2D eigenvalue weighted by molar-refractivity contribution is 5.96. The molecule has 5 heteroatoms. The van der Waals surface area contributed by atoms with Crippen molar-refractivity contribution >= 4 is 17.0 Å². The predicted octanol–water partition coefficient (Wildman–Crippen LogP) is 3.83. The van der Waals surface area contributed by atoms with Crippen LogP contribution in [0.5, 0.6) is 0 Å². The maximum absolute atomic E-state index is 12.4. The van der Waals surface area contributed by atoms with Crippen LogP contribution >= 0.6 is 0 Å². The molecule has 2 heterocycles. The Bertz CT molecular complexity index is 914. The van der Waals surface area contributed by atoms with Gasteiger partial charge in [0.1, 0.15) is 5.52 Å². The van der Waals surface area contributed by atoms with E-state index >= 15 is 0 Å². The summed E-state index contributed by atoms with van der Waals surface area (Å²) in [5, 5.41) is 3.01. The fraction of sp³-hybridized carbons (Fsp3) is 0.391. The lowest BCUT2D eigenvalue weighted by Crippen LogP contribution is -2.28. The Balaban J connectivity index is 1.31. The fourth-order valence-corrected chi connectivity index (χ4v) is 3.73. The quantitative estimate of drug-likeness (QED) is 0.606. The SMILES string of the molecule is O=C(NCCCN1CCCC1)c1ccc2nc(CCc3ccccc3)oc2c1. The lowest BCUT2D eigenvalue weighted by Gasteiger charge is -2.14. The number of nitrogens with one attached hydrogen (secondary N) is 1. The van der Waals surface area contributed by atoms with E-state index in [4.69, 9.17) is 4.42 Å². The van der Waals surface area contributed by atoms with E-state index in [-0.39, 0.29) is 5.91 Å². The van der Waals surface area contributed by atoms with Crippen LogP contribution < -0.4 is 5.32 Å². The third-order valence-corrected chi connectivity index (χ3v) is 5.30. The molecule has 1 aromatic heterocycles. The van der Waals surface area contributed by atoms with Crippen LogP contribution in [0, 0.1) is 0 Å². The molecule has 1 aliphatic heterocycles. The van der Waals surface area contributed by atoms with Crippen molar-refractivity contribution in [3.05, 3.63) is 65.5 Å². The molecule has 0 saturated carbocycles. The number of benzene rings is 2. The average molecular weight is 377 g/mol. The van der Waals surface area contributed by atoms with Gasteiger partial charge < -0.3 is 14.6 Å². The van der Waals surface area contributed by atoms with E-state index in [1.54, 1.807) is 6.07 Å². The van der Waals surface area contributed by atoms with Crippen molar-refractivity contribution in [3.63, 3.8) is 0 Å². The Kier molecular flexibility index (Phi) is 6.02. The molecule has 1 amide bonds. The smallest absolute Gasteiger partial charge is 0.251 e. The second kappa shape index (κ2) is 9.02. The van der Waals surface area contributed by atoms with E-state index in [1.807, 2.05) is 30.3 Å². The first-order valence-electron chi connectivity index (χ1n) is 10.2. The molecule has 28 heavy (non-hydrogen) atoms. The number of carbonyl (C=O) groups excluding carboxylic acids is 1. The summed E-state index contributed by atoms with van der Waals surface area (Å²) < 4.78 is 5.88. The van der Waals surface area contributed by atoms with Crippen molar-refractivity contribution in [2.45, 2.75) is 32.1 Å². The van der Waals surface area contributed by atoms with Crippen LogP contribution in [-0.4, -0.2) is 42.0 Å². The summed E-state index contributed by atoms with van der Waals surface area (Å²) in [5.41, 5.74) is 3.36. The highest BCUT2D eigenvalue weighted by Crippen LogP contribution is 2.19. The molecule has 2 aromatic carbocycles. The minimum Gasteiger partial charge on any atom is -0.441 e. The van der Waals surface area contributed by atoms with Gasteiger partial charge in [-0.2, -0.15) is 0 Å². The summed E-state index contributed by atoms with van der Waals surface area (Å²) in [5.74, 6) is 0.660. The zero-order chi connectivity index (χ0) is 19.2. The minimum atomic E-state index is -0.0504. The largest absolute Gasteiger partial charge is 0.441 e. The molecule has 0 bridgehead atoms. The molecule has 146 valence electrons. The summed E-state index contributed by atoms with van der Waals surface area (Å²) >= 11 is 0. The van der Waals surface area contributed by atoms with Crippen LogP contribution in [0.2, 0.25) is 0 Å². The molecule has 5 nitrogen and oxygen atoms in total. The molecule has 0 aliphatic carbocycles. The first-order chi connectivity index (χ1) is 13.8. The van der Waals surface area contributed by atoms with E-state index in [1.165, 1.54) is 31.5 Å². The Morgan fingerprint density at radius 3 is 2.71 bits per heavy atom. The number of oxazole rings is 1. The van der Waals surface area contributed by atoms with Gasteiger partial charge in [-0.05, 0) is 69.1 Å². The van der Waals surface area contributed by atoms with Crippen molar-refractivity contribution in [1.82, 2.24) is 15.2 Å². The monoisotopic (exact) mass is 377 g/mol. The van der Waals surface area contributed by atoms with Gasteiger partial charge in [0.15, 0.2) is 11.5 Å². The van der Waals surface area contributed by atoms with Crippen molar-refractivity contribution in [2.75, 3.05) is 26.2 Å². The Morgan fingerprint density at radius 2 is 1.89 bits per heavy atom. The van der Waals surface area contributed by atoms with Gasteiger partial charge >= 0.3 is 0 Å². The summed E-state index contributed by atoms with van der Waals surface area (Å²) in [6.07, 6.45) is 5.22. The van der Waals surface area contributed by atoms with Gasteiger partial charge in [0.05, 0.1) is 0 Å². The maximum Gasteiger partial charge on any atom is 0.251 e. The van der Waals surface area contributed by atoms with Gasteiger partial charge in [-0.15, -0.1) is 0 Å². The predicted molar refractivity (Wildman–Crippen MR) is 110 cm³/mol. The number of amides is 1. The second-order valence-electron chi connectivity index (χ2n) is 7.43. The molecule has 0 radical (unpaired) electrons. The molecular formula is C23H27N3O2. The summed E-state index contributed by atoms with van der Waals surface area (Å²) in [4.78, 5) is 19.4. The van der Waals surface area contributed by atoms with Crippen LogP contribution in [0.25, 0.3) is 11.1 Å². The third kappa shape index (κ3) is 4.78. The first-order valence-corrected chi connectivity index (χ1v) is 10.2. The molecule has 4 rings (SSSR count). The second-order valence-corrected chi connectivity index (χ2v) is 7.43. The normalized spacial score (nSPS) is 14.6. The Hall–Kier alpha value is -2.66. The number of likely N-dealkylation sites (tertiary alicyclic amines) is 1. The van der Waals surface area contributed by atoms with E-state index < -0.39 is 0 Å². The molecule has 1 aliphatic rings. The standard InChI is InChI=1S/C23H27N3O2/c27-23(24-13-6-16-26-14-4-5-15-26)19-10-11-20-21(17-19)28-22(25-20)12-9-18-7-2-1-3-8-18/h1-3,7-8,10-11,17H,4-6,9,12-16H2,(H,24,27). The number of hydrogen-bond donors (Lipinski definition) is 1. The number of hydrogen-bond acceptors (Lipinski definition) is 4. The van der Waals surface area contributed by atoms with Crippen LogP contribution in [0.4, 0.5) is 0 Å². The topological polar surface area (TPSA) is 58.4 Å². The van der Waals surface area contributed by atoms with Crippen molar-refractivity contribution < 1.29 is 9.21 Å². The van der Waals surface area contributed by atoms with Gasteiger partial charge in [0, 0.05) is 18.5 Å². The van der Waals surface area contributed by atoms with E-state index in [2.05, 4.69) is 27.3 Å². The molecule has 0 atom stereocenters. The van der Waals surface area contributed by atoms with Gasteiger partial charge in [-0.3, -0.25) is 4.79 Å².